The molecule has 0 spiro atoms. The quantitative estimate of drug-likeness (QED) is 0.859. The average Bonchev–Trinajstić information content (AvgIpc) is 2.61. The lowest BCUT2D eigenvalue weighted by molar-refractivity contribution is 0.767. The van der Waals surface area contributed by atoms with Gasteiger partial charge in [-0.1, -0.05) is 32.0 Å². The van der Waals surface area contributed by atoms with Crippen molar-refractivity contribution < 1.29 is 0 Å². The summed E-state index contributed by atoms with van der Waals surface area (Å²) in [7, 11) is 0. The summed E-state index contributed by atoms with van der Waals surface area (Å²) in [5.41, 5.74) is 10.6. The van der Waals surface area contributed by atoms with Gasteiger partial charge in [-0.15, -0.1) is 0 Å². The minimum absolute atomic E-state index is 0.392. The second kappa shape index (κ2) is 4.24. The molecule has 0 bridgehead atoms. The molecule has 0 saturated carbocycles. The Bertz CT molecular complexity index is 518. The third-order valence-electron chi connectivity index (χ3n) is 3.00. The number of nitrogens with two attached hydrogens (primary N) is 1. The summed E-state index contributed by atoms with van der Waals surface area (Å²) in [5.74, 6) is 1.09. The van der Waals surface area contributed by atoms with Crippen LogP contribution in [0.4, 0.5) is 5.82 Å². The summed E-state index contributed by atoms with van der Waals surface area (Å²) in [6.07, 6.45) is 0. The zero-order chi connectivity index (χ0) is 12.6. The Morgan fingerprint density at radius 3 is 2.24 bits per heavy atom. The Labute approximate surface area is 102 Å². The predicted octanol–water partition coefficient (Wildman–Crippen LogP) is 3.19. The average molecular weight is 229 g/mol. The fraction of sp³-hybridized carbons (Fsp3) is 0.357. The van der Waals surface area contributed by atoms with E-state index in [1.54, 1.807) is 0 Å². The number of hydrogen-bond donors (Lipinski definition) is 1. The molecule has 2 aromatic rings. The van der Waals surface area contributed by atoms with E-state index in [1.165, 1.54) is 11.1 Å². The molecule has 1 aromatic carbocycles. The Morgan fingerprint density at radius 1 is 1.18 bits per heavy atom. The van der Waals surface area contributed by atoms with Crippen LogP contribution in [0.15, 0.2) is 24.3 Å². The Morgan fingerprint density at radius 2 is 1.76 bits per heavy atom. The van der Waals surface area contributed by atoms with Gasteiger partial charge in [-0.3, -0.25) is 0 Å². The molecule has 0 unspecified atom stereocenters. The number of rotatable bonds is 2. The number of nitrogen functional groups attached to an aromatic ring is 1. The van der Waals surface area contributed by atoms with Gasteiger partial charge in [0.25, 0.3) is 0 Å². The number of nitrogens with zero attached hydrogens (tertiary/aromatic N) is 2. The summed E-state index contributed by atoms with van der Waals surface area (Å²) in [6.45, 7) is 8.41. The molecule has 90 valence electrons. The van der Waals surface area contributed by atoms with Gasteiger partial charge in [0.2, 0.25) is 0 Å². The maximum Gasteiger partial charge on any atom is 0.127 e. The van der Waals surface area contributed by atoms with E-state index in [2.05, 4.69) is 51.0 Å². The summed E-state index contributed by atoms with van der Waals surface area (Å²) in [5, 5.41) is 4.59. The normalized spacial score (nSPS) is 11.1. The largest absolute Gasteiger partial charge is 0.384 e. The molecule has 2 rings (SSSR count). The van der Waals surface area contributed by atoms with Crippen LogP contribution >= 0.6 is 0 Å². The minimum atomic E-state index is 0.392. The van der Waals surface area contributed by atoms with Crippen LogP contribution in [0, 0.1) is 13.8 Å². The number of para-hydroxylation sites is 1. The van der Waals surface area contributed by atoms with Crippen molar-refractivity contribution in [3.8, 4) is 5.69 Å². The summed E-state index contributed by atoms with van der Waals surface area (Å²) >= 11 is 0. The zero-order valence-corrected chi connectivity index (χ0v) is 10.9. The van der Waals surface area contributed by atoms with E-state index >= 15 is 0 Å². The Hall–Kier alpha value is -1.77. The van der Waals surface area contributed by atoms with Gasteiger partial charge in [0.1, 0.15) is 5.82 Å². The van der Waals surface area contributed by atoms with Crippen molar-refractivity contribution in [2.75, 3.05) is 5.73 Å². The van der Waals surface area contributed by atoms with E-state index in [0.717, 1.165) is 11.4 Å². The number of hydrogen-bond acceptors (Lipinski definition) is 2. The van der Waals surface area contributed by atoms with Gasteiger partial charge in [-0.25, -0.2) is 4.68 Å². The second-order valence-corrected chi connectivity index (χ2v) is 4.80. The topological polar surface area (TPSA) is 43.8 Å². The molecule has 1 heterocycles. The van der Waals surface area contributed by atoms with Crippen LogP contribution in [0.25, 0.3) is 5.69 Å². The van der Waals surface area contributed by atoms with Crippen molar-refractivity contribution in [3.05, 3.63) is 41.1 Å². The summed E-state index contributed by atoms with van der Waals surface area (Å²) in [4.78, 5) is 0. The molecule has 0 amide bonds. The first kappa shape index (κ1) is 11.7. The van der Waals surface area contributed by atoms with Gasteiger partial charge in [0.15, 0.2) is 0 Å². The molecular formula is C14H19N3. The molecule has 3 nitrogen and oxygen atoms in total. The monoisotopic (exact) mass is 229 g/mol. The highest BCUT2D eigenvalue weighted by molar-refractivity contribution is 5.52. The molecule has 1 aromatic heterocycles. The number of aryl methyl sites for hydroxylation is 2. The van der Waals surface area contributed by atoms with Crippen molar-refractivity contribution in [1.29, 1.82) is 0 Å². The first-order chi connectivity index (χ1) is 8.00. The highest BCUT2D eigenvalue weighted by Gasteiger charge is 2.12. The number of anilines is 1. The molecule has 0 atom stereocenters. The first-order valence-electron chi connectivity index (χ1n) is 5.92. The third kappa shape index (κ3) is 2.05. The van der Waals surface area contributed by atoms with Crippen LogP contribution in [0.3, 0.4) is 0 Å². The molecule has 2 N–H and O–H groups in total. The fourth-order valence-corrected chi connectivity index (χ4v) is 2.02. The molecule has 3 heteroatoms. The maximum atomic E-state index is 6.05. The number of benzene rings is 1. The molecule has 17 heavy (non-hydrogen) atoms. The van der Waals surface area contributed by atoms with Crippen molar-refractivity contribution >= 4 is 5.82 Å². The van der Waals surface area contributed by atoms with Crippen molar-refractivity contribution in [2.24, 2.45) is 0 Å². The Kier molecular flexibility index (Phi) is 2.92. The van der Waals surface area contributed by atoms with Crippen molar-refractivity contribution in [2.45, 2.75) is 33.6 Å². The maximum absolute atomic E-state index is 6.05. The van der Waals surface area contributed by atoms with Gasteiger partial charge in [-0.05, 0) is 30.9 Å². The third-order valence-corrected chi connectivity index (χ3v) is 3.00. The van der Waals surface area contributed by atoms with E-state index in [0.29, 0.717) is 11.7 Å². The zero-order valence-electron chi connectivity index (χ0n) is 10.9. The fourth-order valence-electron chi connectivity index (χ4n) is 2.02. The lowest BCUT2D eigenvalue weighted by atomic mass is 10.1. The SMILES string of the molecule is Cc1cccc(C)c1-n1nc(C(C)C)cc1N. The van der Waals surface area contributed by atoms with Crippen LogP contribution in [0.5, 0.6) is 0 Å². The lowest BCUT2D eigenvalue weighted by Crippen LogP contribution is -2.06. The first-order valence-corrected chi connectivity index (χ1v) is 5.92. The van der Waals surface area contributed by atoms with Gasteiger partial charge in [0.05, 0.1) is 11.4 Å². The van der Waals surface area contributed by atoms with Gasteiger partial charge < -0.3 is 5.73 Å². The molecule has 0 aliphatic rings. The minimum Gasteiger partial charge on any atom is -0.384 e. The molecule has 0 aliphatic heterocycles. The highest BCUT2D eigenvalue weighted by atomic mass is 15.3. The van der Waals surface area contributed by atoms with Crippen LogP contribution in [0.1, 0.15) is 36.6 Å². The van der Waals surface area contributed by atoms with Gasteiger partial charge in [0, 0.05) is 6.07 Å². The number of aromatic nitrogens is 2. The summed E-state index contributed by atoms with van der Waals surface area (Å²) in [6, 6.07) is 8.17. The molecule has 0 radical (unpaired) electrons. The lowest BCUT2D eigenvalue weighted by Gasteiger charge is -2.11. The van der Waals surface area contributed by atoms with Crippen LogP contribution in [-0.4, -0.2) is 9.78 Å². The van der Waals surface area contributed by atoms with Gasteiger partial charge in [-0.2, -0.15) is 5.10 Å². The van der Waals surface area contributed by atoms with Crippen LogP contribution in [-0.2, 0) is 0 Å². The van der Waals surface area contributed by atoms with Crippen LogP contribution < -0.4 is 5.73 Å². The van der Waals surface area contributed by atoms with Gasteiger partial charge >= 0.3 is 0 Å². The molecule has 0 aliphatic carbocycles. The van der Waals surface area contributed by atoms with Crippen molar-refractivity contribution in [3.63, 3.8) is 0 Å². The van der Waals surface area contributed by atoms with E-state index < -0.39 is 0 Å². The summed E-state index contributed by atoms with van der Waals surface area (Å²) < 4.78 is 1.85. The van der Waals surface area contributed by atoms with E-state index in [1.807, 2.05) is 10.7 Å². The predicted molar refractivity (Wildman–Crippen MR) is 71.5 cm³/mol. The second-order valence-electron chi connectivity index (χ2n) is 4.80. The molecule has 0 saturated heterocycles. The molecule has 0 fully saturated rings. The standard InChI is InChI=1S/C14H19N3/c1-9(2)12-8-13(15)17(16-12)14-10(3)6-5-7-11(14)4/h5-9H,15H2,1-4H3. The van der Waals surface area contributed by atoms with E-state index in [-0.39, 0.29) is 0 Å². The highest BCUT2D eigenvalue weighted by Crippen LogP contribution is 2.24. The molecular weight excluding hydrogens is 210 g/mol. The van der Waals surface area contributed by atoms with Crippen LogP contribution in [0.2, 0.25) is 0 Å². The van der Waals surface area contributed by atoms with Crippen molar-refractivity contribution in [1.82, 2.24) is 9.78 Å². The Balaban J connectivity index is 2.61. The van der Waals surface area contributed by atoms with E-state index in [9.17, 15) is 0 Å². The van der Waals surface area contributed by atoms with E-state index in [4.69, 9.17) is 5.73 Å². The smallest absolute Gasteiger partial charge is 0.127 e.